The van der Waals surface area contributed by atoms with Crippen LogP contribution in [0, 0.1) is 19.8 Å². The van der Waals surface area contributed by atoms with E-state index in [-0.39, 0.29) is 6.03 Å². The Morgan fingerprint density at radius 1 is 1.03 bits per heavy atom. The molecule has 2 saturated heterocycles. The van der Waals surface area contributed by atoms with Gasteiger partial charge >= 0.3 is 6.03 Å². The van der Waals surface area contributed by atoms with Gasteiger partial charge < -0.3 is 9.80 Å². The molecule has 6 nitrogen and oxygen atoms in total. The van der Waals surface area contributed by atoms with Gasteiger partial charge in [-0.3, -0.25) is 10.2 Å². The lowest BCUT2D eigenvalue weighted by atomic mass is 9.98. The summed E-state index contributed by atoms with van der Waals surface area (Å²) in [5.74, 6) is 1.47. The first-order chi connectivity index (χ1) is 15.0. The van der Waals surface area contributed by atoms with Crippen molar-refractivity contribution in [2.45, 2.75) is 40.2 Å². The molecule has 1 aromatic heterocycles. The third-order valence-electron chi connectivity index (χ3n) is 6.50. The first kappa shape index (κ1) is 21.6. The highest BCUT2D eigenvalue weighted by Crippen LogP contribution is 2.27. The van der Waals surface area contributed by atoms with Crippen molar-refractivity contribution in [2.24, 2.45) is 5.92 Å². The van der Waals surface area contributed by atoms with E-state index < -0.39 is 0 Å². The van der Waals surface area contributed by atoms with Crippen molar-refractivity contribution in [1.29, 1.82) is 0 Å². The second-order valence-electron chi connectivity index (χ2n) is 9.16. The summed E-state index contributed by atoms with van der Waals surface area (Å²) in [4.78, 5) is 24.0. The van der Waals surface area contributed by atoms with Crippen molar-refractivity contribution in [3.63, 3.8) is 0 Å². The first-order valence-electron chi connectivity index (χ1n) is 11.5. The van der Waals surface area contributed by atoms with Gasteiger partial charge in [0.2, 0.25) is 0 Å². The lowest BCUT2D eigenvalue weighted by molar-refractivity contribution is 0.143. The summed E-state index contributed by atoms with van der Waals surface area (Å²) in [5.41, 5.74) is 4.81. The molecule has 0 aliphatic carbocycles. The number of urea groups is 1. The average Bonchev–Trinajstić information content (AvgIpc) is 2.74. The van der Waals surface area contributed by atoms with Crippen LogP contribution in [0.1, 0.15) is 36.6 Å². The zero-order chi connectivity index (χ0) is 21.8. The first-order valence-corrected chi connectivity index (χ1v) is 11.5. The van der Waals surface area contributed by atoms with Gasteiger partial charge in [0.1, 0.15) is 5.82 Å². The number of rotatable bonds is 4. The van der Waals surface area contributed by atoms with E-state index >= 15 is 0 Å². The van der Waals surface area contributed by atoms with E-state index in [4.69, 9.17) is 0 Å². The summed E-state index contributed by atoms with van der Waals surface area (Å²) >= 11 is 0. The maximum absolute atomic E-state index is 12.7. The second kappa shape index (κ2) is 9.69. The summed E-state index contributed by atoms with van der Waals surface area (Å²) in [6, 6.07) is 12.7. The molecule has 0 radical (unpaired) electrons. The van der Waals surface area contributed by atoms with Gasteiger partial charge in [0, 0.05) is 57.2 Å². The molecule has 2 aromatic rings. The molecule has 0 saturated carbocycles. The van der Waals surface area contributed by atoms with E-state index in [1.54, 1.807) is 0 Å². The fourth-order valence-electron chi connectivity index (χ4n) is 4.65. The van der Waals surface area contributed by atoms with Gasteiger partial charge in [-0.05, 0) is 61.9 Å². The van der Waals surface area contributed by atoms with Crippen molar-refractivity contribution < 1.29 is 4.79 Å². The Hall–Kier alpha value is -2.60. The van der Waals surface area contributed by atoms with Crippen LogP contribution in [0.15, 0.2) is 36.4 Å². The van der Waals surface area contributed by atoms with Gasteiger partial charge in [-0.1, -0.05) is 25.1 Å². The molecule has 0 bridgehead atoms. The molecule has 6 heteroatoms. The lowest BCUT2D eigenvalue weighted by Crippen LogP contribution is -2.49. The second-order valence-corrected chi connectivity index (χ2v) is 9.16. The molecule has 2 aliphatic rings. The molecule has 0 atom stereocenters. The maximum Gasteiger partial charge on any atom is 0.323 e. The minimum Gasteiger partial charge on any atom is -0.371 e. The number of benzene rings is 1. The largest absolute Gasteiger partial charge is 0.371 e. The van der Waals surface area contributed by atoms with Crippen LogP contribution in [0.5, 0.6) is 0 Å². The third-order valence-corrected chi connectivity index (χ3v) is 6.50. The predicted molar refractivity (Wildman–Crippen MR) is 127 cm³/mol. The van der Waals surface area contributed by atoms with E-state index in [1.807, 2.05) is 30.9 Å². The summed E-state index contributed by atoms with van der Waals surface area (Å²) in [7, 11) is 0. The van der Waals surface area contributed by atoms with Crippen LogP contribution in [-0.2, 0) is 6.54 Å². The van der Waals surface area contributed by atoms with Crippen LogP contribution < -0.4 is 10.2 Å². The molecule has 1 aromatic carbocycles. The third kappa shape index (κ3) is 5.56. The Morgan fingerprint density at radius 2 is 1.74 bits per heavy atom. The van der Waals surface area contributed by atoms with Gasteiger partial charge in [-0.15, -0.1) is 0 Å². The van der Waals surface area contributed by atoms with E-state index in [0.717, 1.165) is 63.0 Å². The summed E-state index contributed by atoms with van der Waals surface area (Å²) in [5, 5.41) is 2.96. The molecule has 3 heterocycles. The van der Waals surface area contributed by atoms with E-state index in [2.05, 4.69) is 51.3 Å². The lowest BCUT2D eigenvalue weighted by Gasteiger charge is -2.37. The number of hydrogen-bond donors (Lipinski definition) is 1. The highest BCUT2D eigenvalue weighted by molar-refractivity contribution is 5.88. The number of aryl methyl sites for hydroxylation is 2. The van der Waals surface area contributed by atoms with Crippen LogP contribution >= 0.6 is 0 Å². The van der Waals surface area contributed by atoms with Gasteiger partial charge in [-0.2, -0.15) is 0 Å². The number of carbonyl (C=O) groups is 1. The Morgan fingerprint density at radius 3 is 2.45 bits per heavy atom. The molecule has 4 rings (SSSR count). The van der Waals surface area contributed by atoms with Crippen molar-refractivity contribution in [3.05, 3.63) is 53.2 Å². The van der Waals surface area contributed by atoms with E-state index in [9.17, 15) is 4.79 Å². The zero-order valence-electron chi connectivity index (χ0n) is 19.1. The topological polar surface area (TPSA) is 51.7 Å². The molecule has 1 N–H and O–H groups in total. The minimum absolute atomic E-state index is 0.0556. The van der Waals surface area contributed by atoms with Crippen molar-refractivity contribution >= 4 is 17.5 Å². The van der Waals surface area contributed by atoms with Gasteiger partial charge in [-0.25, -0.2) is 9.78 Å². The van der Waals surface area contributed by atoms with Crippen LogP contribution in [0.3, 0.4) is 0 Å². The number of carbonyl (C=O) groups excluding carboxylic acids is 1. The highest BCUT2D eigenvalue weighted by Gasteiger charge is 2.23. The Labute approximate surface area is 186 Å². The van der Waals surface area contributed by atoms with Gasteiger partial charge in [0.05, 0.1) is 0 Å². The maximum atomic E-state index is 12.7. The molecular formula is C25H35N5O. The summed E-state index contributed by atoms with van der Waals surface area (Å²) in [6.45, 7) is 12.8. The fraction of sp³-hybridized carbons (Fsp3) is 0.520. The van der Waals surface area contributed by atoms with Crippen molar-refractivity contribution in [2.75, 3.05) is 49.5 Å². The van der Waals surface area contributed by atoms with Gasteiger partial charge in [0.25, 0.3) is 0 Å². The van der Waals surface area contributed by atoms with E-state index in [1.165, 1.54) is 24.1 Å². The number of para-hydroxylation sites is 1. The fourth-order valence-corrected chi connectivity index (χ4v) is 4.65. The van der Waals surface area contributed by atoms with Crippen LogP contribution in [0.4, 0.5) is 16.3 Å². The molecule has 2 fully saturated rings. The molecule has 2 amide bonds. The number of nitrogens with one attached hydrogen (secondary N) is 1. The molecule has 0 spiro atoms. The summed E-state index contributed by atoms with van der Waals surface area (Å²) in [6.07, 6.45) is 2.55. The Bertz CT molecular complexity index is 878. The predicted octanol–water partition coefficient (Wildman–Crippen LogP) is 4.28. The van der Waals surface area contributed by atoms with Gasteiger partial charge in [0.15, 0.2) is 0 Å². The number of piperidine rings is 1. The van der Waals surface area contributed by atoms with Crippen LogP contribution in [0.25, 0.3) is 0 Å². The number of piperazine rings is 1. The standard InChI is InChI=1S/C25H35N5O/c1-19-8-10-29(11-9-19)23-7-5-4-6-22(23)18-28-12-14-30(15-13-28)25(31)27-24-17-20(2)16-21(3)26-24/h4-7,16-17,19H,8-15,18H2,1-3H3,(H,26,27,31). The number of amides is 2. The van der Waals surface area contributed by atoms with Crippen molar-refractivity contribution in [3.8, 4) is 0 Å². The average molecular weight is 422 g/mol. The molecule has 2 aliphatic heterocycles. The number of nitrogens with zero attached hydrogens (tertiary/aromatic N) is 4. The highest BCUT2D eigenvalue weighted by atomic mass is 16.2. The molecule has 31 heavy (non-hydrogen) atoms. The molecular weight excluding hydrogens is 386 g/mol. The number of anilines is 2. The number of aromatic nitrogens is 1. The smallest absolute Gasteiger partial charge is 0.323 e. The van der Waals surface area contributed by atoms with Crippen LogP contribution in [0.2, 0.25) is 0 Å². The van der Waals surface area contributed by atoms with Crippen molar-refractivity contribution in [1.82, 2.24) is 14.8 Å². The summed E-state index contributed by atoms with van der Waals surface area (Å²) < 4.78 is 0. The molecule has 166 valence electrons. The number of pyridine rings is 1. The Kier molecular flexibility index (Phi) is 6.76. The zero-order valence-corrected chi connectivity index (χ0v) is 19.1. The Balaban J connectivity index is 1.32. The van der Waals surface area contributed by atoms with E-state index in [0.29, 0.717) is 5.82 Å². The normalized spacial score (nSPS) is 18.3. The SMILES string of the molecule is Cc1cc(C)nc(NC(=O)N2CCN(Cc3ccccc3N3CCC(C)CC3)CC2)c1. The quantitative estimate of drug-likeness (QED) is 0.800. The van der Waals surface area contributed by atoms with Crippen LogP contribution in [-0.4, -0.2) is 60.1 Å². The minimum atomic E-state index is -0.0556. The molecule has 0 unspecified atom stereocenters. The number of hydrogen-bond acceptors (Lipinski definition) is 4. The monoisotopic (exact) mass is 421 g/mol.